The van der Waals surface area contributed by atoms with E-state index in [-0.39, 0.29) is 11.8 Å². The molecule has 6 aromatic rings. The van der Waals surface area contributed by atoms with Crippen molar-refractivity contribution in [1.29, 1.82) is 0 Å². The number of anilines is 4. The fraction of sp³-hybridized carbons (Fsp3) is 0.0233. The van der Waals surface area contributed by atoms with E-state index < -0.39 is 0 Å². The summed E-state index contributed by atoms with van der Waals surface area (Å²) in [6, 6.07) is 53.6. The molecule has 0 atom stereocenters. The lowest BCUT2D eigenvalue weighted by atomic mass is 9.95. The van der Waals surface area contributed by atoms with E-state index in [1.807, 2.05) is 140 Å². The Morgan fingerprint density at radius 2 is 0.851 bits per heavy atom. The van der Waals surface area contributed by atoms with E-state index in [4.69, 9.17) is 0 Å². The molecule has 226 valence electrons. The van der Waals surface area contributed by atoms with Gasteiger partial charge < -0.3 is 4.90 Å². The fourth-order valence-electron chi connectivity index (χ4n) is 5.99. The molecule has 0 aromatic heterocycles. The van der Waals surface area contributed by atoms with Crippen LogP contribution in [0.25, 0.3) is 23.3 Å². The Hall–Kier alpha value is -6.26. The summed E-state index contributed by atoms with van der Waals surface area (Å²) < 4.78 is 0. The maximum absolute atomic E-state index is 14.3. The molecule has 1 heterocycles. The van der Waals surface area contributed by atoms with Crippen LogP contribution in [0.3, 0.4) is 0 Å². The first kappa shape index (κ1) is 29.5. The van der Waals surface area contributed by atoms with Crippen LogP contribution >= 0.6 is 0 Å². The number of nitrogens with zero attached hydrogens (tertiary/aromatic N) is 2. The van der Waals surface area contributed by atoms with Gasteiger partial charge in [-0.15, -0.1) is 0 Å². The Kier molecular flexibility index (Phi) is 8.14. The summed E-state index contributed by atoms with van der Waals surface area (Å²) in [6.45, 7) is 1.91. The molecule has 4 heteroatoms. The molecule has 0 unspecified atom stereocenters. The van der Waals surface area contributed by atoms with E-state index in [0.29, 0.717) is 28.0 Å². The molecule has 47 heavy (non-hydrogen) atoms. The first-order valence-electron chi connectivity index (χ1n) is 15.6. The number of hydrogen-bond acceptors (Lipinski definition) is 3. The molecule has 0 fully saturated rings. The van der Waals surface area contributed by atoms with Gasteiger partial charge in [0, 0.05) is 17.1 Å². The molecule has 0 radical (unpaired) electrons. The molecule has 0 aliphatic carbocycles. The van der Waals surface area contributed by atoms with E-state index in [1.54, 1.807) is 0 Å². The lowest BCUT2D eigenvalue weighted by Gasteiger charge is -2.25. The summed E-state index contributed by atoms with van der Waals surface area (Å²) in [5.74, 6) is -0.658. The van der Waals surface area contributed by atoms with E-state index >= 15 is 0 Å². The highest BCUT2D eigenvalue weighted by atomic mass is 16.2. The summed E-state index contributed by atoms with van der Waals surface area (Å²) in [5.41, 5.74) is 8.70. The zero-order chi connectivity index (χ0) is 32.2. The molecule has 4 nitrogen and oxygen atoms in total. The highest BCUT2D eigenvalue weighted by Gasteiger charge is 2.41. The molecule has 2 amide bonds. The van der Waals surface area contributed by atoms with Gasteiger partial charge in [0.1, 0.15) is 0 Å². The normalized spacial score (nSPS) is 13.1. The van der Waals surface area contributed by atoms with E-state index in [2.05, 4.69) is 47.4 Å². The van der Waals surface area contributed by atoms with Crippen LogP contribution in [0.2, 0.25) is 0 Å². The number of amides is 2. The third kappa shape index (κ3) is 5.92. The van der Waals surface area contributed by atoms with Gasteiger partial charge in [0.05, 0.1) is 16.8 Å². The van der Waals surface area contributed by atoms with Crippen LogP contribution in [-0.4, -0.2) is 11.8 Å². The molecule has 0 saturated carbocycles. The average Bonchev–Trinajstić information content (AvgIpc) is 3.38. The van der Waals surface area contributed by atoms with Crippen LogP contribution in [0.4, 0.5) is 22.7 Å². The van der Waals surface area contributed by atoms with Gasteiger partial charge in [-0.3, -0.25) is 9.59 Å². The van der Waals surface area contributed by atoms with Gasteiger partial charge in [-0.25, -0.2) is 4.90 Å². The summed E-state index contributed by atoms with van der Waals surface area (Å²) >= 11 is 0. The Bertz CT molecular complexity index is 2060. The minimum atomic E-state index is -0.330. The minimum Gasteiger partial charge on any atom is -0.311 e. The Balaban J connectivity index is 1.30. The van der Waals surface area contributed by atoms with Gasteiger partial charge in [-0.1, -0.05) is 133 Å². The number of carbonyl (C=O) groups is 2. The van der Waals surface area contributed by atoms with Crippen molar-refractivity contribution in [3.8, 4) is 0 Å². The van der Waals surface area contributed by atoms with Crippen molar-refractivity contribution in [1.82, 2.24) is 0 Å². The number of benzene rings is 6. The predicted molar refractivity (Wildman–Crippen MR) is 193 cm³/mol. The van der Waals surface area contributed by atoms with Gasteiger partial charge in [0.15, 0.2) is 0 Å². The zero-order valence-electron chi connectivity index (χ0n) is 26.0. The molecule has 0 N–H and O–H groups in total. The Morgan fingerprint density at radius 3 is 1.36 bits per heavy atom. The summed E-state index contributed by atoms with van der Waals surface area (Å²) in [5, 5.41) is 0. The zero-order valence-corrected chi connectivity index (χ0v) is 26.0. The standard InChI is InChI=1S/C43H32N2O2/c1-31-13-11-12-20-39(31)45-42(46)40(34-25-23-33(24-26-34)22-21-32-14-5-2-6-15-32)41(43(45)47)35-27-29-38(30-28-35)44(36-16-7-3-8-17-36)37-18-9-4-10-19-37/h2-30H,1H3/b22-21+. The SMILES string of the molecule is Cc1ccccc1N1C(=O)C(c2ccc(/C=C/c3ccccc3)cc2)=C(c2ccc(N(c3ccccc3)c3ccccc3)cc2)C1=O. The molecule has 7 rings (SSSR count). The topological polar surface area (TPSA) is 40.6 Å². The van der Waals surface area contributed by atoms with Crippen LogP contribution < -0.4 is 9.80 Å². The van der Waals surface area contributed by atoms with Crippen LogP contribution in [0, 0.1) is 6.92 Å². The molecule has 1 aliphatic heterocycles. The number of rotatable bonds is 8. The predicted octanol–water partition coefficient (Wildman–Crippen LogP) is 10.1. The van der Waals surface area contributed by atoms with Crippen molar-refractivity contribution in [3.05, 3.63) is 192 Å². The van der Waals surface area contributed by atoms with Crippen LogP contribution in [-0.2, 0) is 9.59 Å². The molecule has 6 aromatic carbocycles. The number of hydrogen-bond donors (Lipinski definition) is 0. The summed E-state index contributed by atoms with van der Waals surface area (Å²) in [7, 11) is 0. The van der Waals surface area contributed by atoms with Gasteiger partial charge >= 0.3 is 0 Å². The average molecular weight is 609 g/mol. The maximum atomic E-state index is 14.3. The second kappa shape index (κ2) is 13.0. The number of imide groups is 1. The number of carbonyl (C=O) groups excluding carboxylic acids is 2. The number of para-hydroxylation sites is 3. The monoisotopic (exact) mass is 608 g/mol. The Morgan fingerprint density at radius 1 is 0.447 bits per heavy atom. The molecule has 0 spiro atoms. The van der Waals surface area contributed by atoms with Gasteiger partial charge in [-0.2, -0.15) is 0 Å². The molecule has 0 saturated heterocycles. The van der Waals surface area contributed by atoms with E-state index in [9.17, 15) is 9.59 Å². The van der Waals surface area contributed by atoms with E-state index in [0.717, 1.165) is 33.8 Å². The van der Waals surface area contributed by atoms with Crippen molar-refractivity contribution in [2.24, 2.45) is 0 Å². The highest BCUT2D eigenvalue weighted by Crippen LogP contribution is 2.41. The molecular weight excluding hydrogens is 576 g/mol. The van der Waals surface area contributed by atoms with Gasteiger partial charge in [0.2, 0.25) is 0 Å². The minimum absolute atomic E-state index is 0.328. The van der Waals surface area contributed by atoms with Crippen molar-refractivity contribution in [2.45, 2.75) is 6.92 Å². The first-order valence-corrected chi connectivity index (χ1v) is 15.6. The fourth-order valence-corrected chi connectivity index (χ4v) is 5.99. The van der Waals surface area contributed by atoms with Crippen LogP contribution in [0.5, 0.6) is 0 Å². The Labute approximate surface area is 275 Å². The molecule has 0 bridgehead atoms. The van der Waals surface area contributed by atoms with Crippen molar-refractivity contribution in [3.63, 3.8) is 0 Å². The van der Waals surface area contributed by atoms with Crippen LogP contribution in [0.15, 0.2) is 164 Å². The smallest absolute Gasteiger partial charge is 0.266 e. The molecular formula is C43H32N2O2. The van der Waals surface area contributed by atoms with Crippen molar-refractivity contribution < 1.29 is 9.59 Å². The largest absolute Gasteiger partial charge is 0.311 e. The van der Waals surface area contributed by atoms with Crippen molar-refractivity contribution in [2.75, 3.05) is 9.80 Å². The van der Waals surface area contributed by atoms with Gasteiger partial charge in [-0.05, 0) is 77.2 Å². The third-order valence-electron chi connectivity index (χ3n) is 8.35. The first-order chi connectivity index (χ1) is 23.1. The number of aryl methyl sites for hydroxylation is 1. The summed E-state index contributed by atoms with van der Waals surface area (Å²) in [4.78, 5) is 32.0. The second-order valence-corrected chi connectivity index (χ2v) is 11.4. The van der Waals surface area contributed by atoms with Crippen LogP contribution in [0.1, 0.15) is 27.8 Å². The van der Waals surface area contributed by atoms with Gasteiger partial charge in [0.25, 0.3) is 11.8 Å². The van der Waals surface area contributed by atoms with E-state index in [1.165, 1.54) is 4.90 Å². The second-order valence-electron chi connectivity index (χ2n) is 11.4. The maximum Gasteiger partial charge on any atom is 0.266 e. The highest BCUT2D eigenvalue weighted by molar-refractivity contribution is 6.57. The lowest BCUT2D eigenvalue weighted by Crippen LogP contribution is -2.31. The third-order valence-corrected chi connectivity index (χ3v) is 8.35. The lowest BCUT2D eigenvalue weighted by molar-refractivity contribution is -0.119. The molecule has 1 aliphatic rings. The quantitative estimate of drug-likeness (QED) is 0.128. The summed E-state index contributed by atoms with van der Waals surface area (Å²) in [6.07, 6.45) is 4.10. The van der Waals surface area contributed by atoms with Crippen molar-refractivity contribution >= 4 is 57.9 Å².